The highest BCUT2D eigenvalue weighted by Crippen LogP contribution is 2.18. The second kappa shape index (κ2) is 6.94. The van der Waals surface area contributed by atoms with Gasteiger partial charge in [-0.1, -0.05) is 18.2 Å². The van der Waals surface area contributed by atoms with Crippen LogP contribution in [0.25, 0.3) is 10.9 Å². The van der Waals surface area contributed by atoms with Crippen LogP contribution in [0.3, 0.4) is 0 Å². The molecular formula is C17H25N3O3S. The molecule has 132 valence electrons. The van der Waals surface area contributed by atoms with Gasteiger partial charge in [0.25, 0.3) is 0 Å². The molecule has 0 bridgehead atoms. The highest BCUT2D eigenvalue weighted by Gasteiger charge is 2.31. The van der Waals surface area contributed by atoms with Gasteiger partial charge >= 0.3 is 0 Å². The maximum Gasteiger partial charge on any atom is 0.235 e. The number of amides is 1. The molecule has 2 N–H and O–H groups in total. The van der Waals surface area contributed by atoms with E-state index in [1.54, 1.807) is 20.8 Å². The summed E-state index contributed by atoms with van der Waals surface area (Å²) in [5.74, 6) is -0.296. The summed E-state index contributed by atoms with van der Waals surface area (Å²) in [6, 6.07) is 7.99. The first kappa shape index (κ1) is 18.5. The van der Waals surface area contributed by atoms with Gasteiger partial charge in [0.2, 0.25) is 15.9 Å². The number of carbonyl (C=O) groups is 1. The van der Waals surface area contributed by atoms with Crippen molar-refractivity contribution in [2.24, 2.45) is 0 Å². The van der Waals surface area contributed by atoms with Crippen molar-refractivity contribution in [3.05, 3.63) is 36.0 Å². The zero-order valence-corrected chi connectivity index (χ0v) is 15.4. The molecule has 24 heavy (non-hydrogen) atoms. The van der Waals surface area contributed by atoms with Gasteiger partial charge in [-0.3, -0.25) is 4.79 Å². The lowest BCUT2D eigenvalue weighted by Crippen LogP contribution is -2.50. The van der Waals surface area contributed by atoms with Gasteiger partial charge in [0, 0.05) is 29.2 Å². The van der Waals surface area contributed by atoms with Crippen molar-refractivity contribution in [3.63, 3.8) is 0 Å². The van der Waals surface area contributed by atoms with Crippen molar-refractivity contribution in [1.82, 2.24) is 14.6 Å². The molecule has 0 fully saturated rings. The fourth-order valence-electron chi connectivity index (χ4n) is 2.71. The van der Waals surface area contributed by atoms with Gasteiger partial charge < -0.3 is 10.3 Å². The molecule has 1 aromatic carbocycles. The van der Waals surface area contributed by atoms with Crippen molar-refractivity contribution in [3.8, 4) is 0 Å². The third-order valence-electron chi connectivity index (χ3n) is 3.83. The van der Waals surface area contributed by atoms with Crippen LogP contribution in [-0.2, 0) is 21.2 Å². The van der Waals surface area contributed by atoms with Crippen LogP contribution in [0, 0.1) is 0 Å². The van der Waals surface area contributed by atoms with Crippen LogP contribution in [0.5, 0.6) is 0 Å². The van der Waals surface area contributed by atoms with Crippen molar-refractivity contribution < 1.29 is 13.2 Å². The lowest BCUT2D eigenvalue weighted by atomic mass is 10.1. The molecule has 0 atom stereocenters. The number of fused-ring (bicyclic) bond motifs is 1. The van der Waals surface area contributed by atoms with Crippen LogP contribution in [0.4, 0.5) is 0 Å². The molecule has 0 saturated heterocycles. The molecule has 1 heterocycles. The molecule has 0 radical (unpaired) electrons. The quantitative estimate of drug-likeness (QED) is 0.834. The van der Waals surface area contributed by atoms with Crippen molar-refractivity contribution in [2.45, 2.75) is 32.7 Å². The summed E-state index contributed by atoms with van der Waals surface area (Å²) >= 11 is 0. The predicted octanol–water partition coefficient (Wildman–Crippen LogP) is 1.89. The number of para-hydroxylation sites is 1. The second-order valence-corrected chi connectivity index (χ2v) is 8.81. The molecule has 0 saturated carbocycles. The minimum absolute atomic E-state index is 0.170. The Balaban J connectivity index is 1.93. The predicted molar refractivity (Wildman–Crippen MR) is 96.3 cm³/mol. The SMILES string of the molecule is CC(C)(C)N(CC(=O)NCCc1c[nH]c2ccccc12)S(C)(=O)=O. The van der Waals surface area contributed by atoms with Crippen LogP contribution in [0.15, 0.2) is 30.5 Å². The number of aromatic amines is 1. The van der Waals surface area contributed by atoms with Crippen LogP contribution in [-0.4, -0.2) is 48.5 Å². The van der Waals surface area contributed by atoms with E-state index in [-0.39, 0.29) is 12.5 Å². The third kappa shape index (κ3) is 4.58. The van der Waals surface area contributed by atoms with Gasteiger partial charge in [-0.15, -0.1) is 0 Å². The van der Waals surface area contributed by atoms with Crippen LogP contribution in [0.2, 0.25) is 0 Å². The number of nitrogens with one attached hydrogen (secondary N) is 2. The number of aromatic nitrogens is 1. The van der Waals surface area contributed by atoms with Crippen LogP contribution >= 0.6 is 0 Å². The maximum absolute atomic E-state index is 12.1. The summed E-state index contributed by atoms with van der Waals surface area (Å²) in [7, 11) is -3.45. The number of benzene rings is 1. The average molecular weight is 351 g/mol. The summed E-state index contributed by atoms with van der Waals surface area (Å²) in [5.41, 5.74) is 1.55. The molecule has 7 heteroatoms. The van der Waals surface area contributed by atoms with E-state index in [2.05, 4.69) is 10.3 Å². The van der Waals surface area contributed by atoms with E-state index in [9.17, 15) is 13.2 Å². The van der Waals surface area contributed by atoms with Gasteiger partial charge in [-0.25, -0.2) is 8.42 Å². The Morgan fingerprint density at radius 3 is 2.54 bits per heavy atom. The highest BCUT2D eigenvalue weighted by molar-refractivity contribution is 7.88. The second-order valence-electron chi connectivity index (χ2n) is 6.90. The number of carbonyl (C=O) groups excluding carboxylic acids is 1. The Bertz CT molecular complexity index is 819. The third-order valence-corrected chi connectivity index (χ3v) is 5.30. The minimum Gasteiger partial charge on any atom is -0.361 e. The van der Waals surface area contributed by atoms with E-state index >= 15 is 0 Å². The average Bonchev–Trinajstić information content (AvgIpc) is 2.86. The fraction of sp³-hybridized carbons (Fsp3) is 0.471. The van der Waals surface area contributed by atoms with E-state index in [0.717, 1.165) is 22.7 Å². The van der Waals surface area contributed by atoms with Crippen molar-refractivity contribution in [1.29, 1.82) is 0 Å². The van der Waals surface area contributed by atoms with E-state index < -0.39 is 15.6 Å². The highest BCUT2D eigenvalue weighted by atomic mass is 32.2. The molecule has 2 aromatic rings. The Morgan fingerprint density at radius 1 is 1.25 bits per heavy atom. The zero-order valence-electron chi connectivity index (χ0n) is 14.6. The van der Waals surface area contributed by atoms with Gasteiger partial charge in [-0.2, -0.15) is 4.31 Å². The van der Waals surface area contributed by atoms with Gasteiger partial charge in [0.05, 0.1) is 12.8 Å². The summed E-state index contributed by atoms with van der Waals surface area (Å²) < 4.78 is 24.9. The molecule has 0 aliphatic carbocycles. The molecule has 0 aliphatic rings. The molecule has 1 aromatic heterocycles. The fourth-order valence-corrected chi connectivity index (χ4v) is 4.06. The topological polar surface area (TPSA) is 82.3 Å². The maximum atomic E-state index is 12.1. The number of hydrogen-bond acceptors (Lipinski definition) is 3. The van der Waals surface area contributed by atoms with Crippen LogP contribution < -0.4 is 5.32 Å². The van der Waals surface area contributed by atoms with E-state index in [0.29, 0.717) is 13.0 Å². The molecule has 0 aliphatic heterocycles. The smallest absolute Gasteiger partial charge is 0.235 e. The number of H-pyrrole nitrogens is 1. The van der Waals surface area contributed by atoms with Crippen molar-refractivity contribution >= 4 is 26.8 Å². The molecule has 2 rings (SSSR count). The summed E-state index contributed by atoms with van der Waals surface area (Å²) in [4.78, 5) is 15.3. The molecule has 1 amide bonds. The lowest BCUT2D eigenvalue weighted by Gasteiger charge is -2.32. The molecule has 0 unspecified atom stereocenters. The van der Waals surface area contributed by atoms with Crippen molar-refractivity contribution in [2.75, 3.05) is 19.3 Å². The first-order chi connectivity index (χ1) is 11.1. The van der Waals surface area contributed by atoms with E-state index in [4.69, 9.17) is 0 Å². The minimum atomic E-state index is -3.45. The first-order valence-electron chi connectivity index (χ1n) is 7.88. The number of sulfonamides is 1. The normalized spacial score (nSPS) is 12.7. The largest absolute Gasteiger partial charge is 0.361 e. The Labute approximate surface area is 143 Å². The molecular weight excluding hydrogens is 326 g/mol. The Morgan fingerprint density at radius 2 is 1.92 bits per heavy atom. The lowest BCUT2D eigenvalue weighted by molar-refractivity contribution is -0.121. The first-order valence-corrected chi connectivity index (χ1v) is 9.73. The van der Waals surface area contributed by atoms with Gasteiger partial charge in [-0.05, 0) is 38.8 Å². The van der Waals surface area contributed by atoms with Crippen LogP contribution in [0.1, 0.15) is 26.3 Å². The van der Waals surface area contributed by atoms with Gasteiger partial charge in [0.15, 0.2) is 0 Å². The Hall–Kier alpha value is -1.86. The van der Waals surface area contributed by atoms with E-state index in [1.807, 2.05) is 30.5 Å². The van der Waals surface area contributed by atoms with Gasteiger partial charge in [0.1, 0.15) is 0 Å². The summed E-state index contributed by atoms with van der Waals surface area (Å²) in [6.07, 6.45) is 3.75. The number of nitrogens with zero attached hydrogens (tertiary/aromatic N) is 1. The summed E-state index contributed by atoms with van der Waals surface area (Å²) in [5, 5.41) is 3.94. The Kier molecular flexibility index (Phi) is 5.35. The standard InChI is InChI=1S/C17H25N3O3S/c1-17(2,3)20(24(4,22)23)12-16(21)18-10-9-13-11-19-15-8-6-5-7-14(13)15/h5-8,11,19H,9-10,12H2,1-4H3,(H,18,21). The van der Waals surface area contributed by atoms with E-state index in [1.165, 1.54) is 4.31 Å². The summed E-state index contributed by atoms with van der Waals surface area (Å²) in [6.45, 7) is 5.60. The molecule has 0 spiro atoms. The molecule has 6 nitrogen and oxygen atoms in total. The monoisotopic (exact) mass is 351 g/mol. The zero-order chi connectivity index (χ0) is 18.0. The number of hydrogen-bond donors (Lipinski definition) is 2. The number of rotatable bonds is 6.